The second kappa shape index (κ2) is 7.94. The van der Waals surface area contributed by atoms with Crippen molar-refractivity contribution in [2.75, 3.05) is 18.0 Å². The molecule has 2 aliphatic heterocycles. The molecule has 10 heteroatoms. The predicted octanol–water partition coefficient (Wildman–Crippen LogP) is 6.39. The Morgan fingerprint density at radius 1 is 0.974 bits per heavy atom. The van der Waals surface area contributed by atoms with Crippen molar-refractivity contribution >= 4 is 17.3 Å². The van der Waals surface area contributed by atoms with Crippen LogP contribution in [0.1, 0.15) is 61.3 Å². The molecule has 200 valence electrons. The fourth-order valence-electron chi connectivity index (χ4n) is 7.21. The molecule has 2 aromatic carbocycles. The summed E-state index contributed by atoms with van der Waals surface area (Å²) >= 11 is 6.35. The van der Waals surface area contributed by atoms with Crippen LogP contribution in [0.25, 0.3) is 5.69 Å². The summed E-state index contributed by atoms with van der Waals surface area (Å²) in [6.45, 7) is 5.74. The second-order valence-corrected chi connectivity index (χ2v) is 12.5. The van der Waals surface area contributed by atoms with Crippen LogP contribution in [-0.4, -0.2) is 44.2 Å². The van der Waals surface area contributed by atoms with Crippen molar-refractivity contribution in [3.63, 3.8) is 0 Å². The summed E-state index contributed by atoms with van der Waals surface area (Å²) in [6.07, 6.45) is 1.46. The molecule has 3 aromatic rings. The Kier molecular flexibility index (Phi) is 5.10. The number of nitrogens with zero attached hydrogens (tertiary/aromatic N) is 5. The van der Waals surface area contributed by atoms with E-state index in [4.69, 9.17) is 11.6 Å². The van der Waals surface area contributed by atoms with Gasteiger partial charge < -0.3 is 4.90 Å². The van der Waals surface area contributed by atoms with E-state index < -0.39 is 23.1 Å². The number of fused-ring (bicyclic) bond motifs is 3. The molecule has 0 N–H and O–H groups in total. The van der Waals surface area contributed by atoms with Crippen molar-refractivity contribution < 1.29 is 17.6 Å². The molecule has 5 nitrogen and oxygen atoms in total. The number of benzene rings is 2. The number of alkyl halides is 2. The fourth-order valence-corrected chi connectivity index (χ4v) is 7.40. The minimum atomic E-state index is -2.64. The van der Waals surface area contributed by atoms with Gasteiger partial charge in [0, 0.05) is 59.9 Å². The molecular weight excluding hydrogens is 518 g/mol. The van der Waals surface area contributed by atoms with Crippen LogP contribution in [0.5, 0.6) is 0 Å². The summed E-state index contributed by atoms with van der Waals surface area (Å²) in [7, 11) is 0. The van der Waals surface area contributed by atoms with Crippen LogP contribution in [0.2, 0.25) is 5.02 Å². The maximum atomic E-state index is 14.6. The predicted molar refractivity (Wildman–Crippen MR) is 136 cm³/mol. The lowest BCUT2D eigenvalue weighted by Crippen LogP contribution is -2.62. The Bertz CT molecular complexity index is 1450. The van der Waals surface area contributed by atoms with Gasteiger partial charge in [-0.2, -0.15) is 0 Å². The standard InChI is InChI=1S/C28H28ClF4N5/c1-16-20(30)4-6-22(24(16)31)36-14-27(15-36)8-18(9-27)25-35-34-23-11-37(26(2)12-28(32,33)13-26)10-17-7-19(29)3-5-21(17)38(23)25/h3-7,18H,8-15H2,1-2H3. The lowest BCUT2D eigenvalue weighted by atomic mass is 9.57. The zero-order valence-electron chi connectivity index (χ0n) is 21.2. The number of halogens is 5. The van der Waals surface area contributed by atoms with E-state index in [1.807, 2.05) is 30.0 Å². The van der Waals surface area contributed by atoms with E-state index in [2.05, 4.69) is 19.7 Å². The van der Waals surface area contributed by atoms with Gasteiger partial charge in [0.1, 0.15) is 11.6 Å². The van der Waals surface area contributed by atoms with E-state index >= 15 is 0 Å². The molecule has 0 amide bonds. The molecule has 0 unspecified atom stereocenters. The van der Waals surface area contributed by atoms with E-state index in [0.29, 0.717) is 23.8 Å². The molecule has 3 fully saturated rings. The maximum absolute atomic E-state index is 14.6. The molecule has 38 heavy (non-hydrogen) atoms. The lowest BCUT2D eigenvalue weighted by molar-refractivity contribution is -0.173. The first-order valence-corrected chi connectivity index (χ1v) is 13.4. The molecule has 7 rings (SSSR count). The number of aromatic nitrogens is 3. The van der Waals surface area contributed by atoms with E-state index in [1.165, 1.54) is 19.1 Å². The van der Waals surface area contributed by atoms with Crippen LogP contribution >= 0.6 is 11.6 Å². The van der Waals surface area contributed by atoms with E-state index in [1.54, 1.807) is 0 Å². The topological polar surface area (TPSA) is 37.2 Å². The first-order chi connectivity index (χ1) is 18.0. The van der Waals surface area contributed by atoms with Crippen molar-refractivity contribution in [3.05, 3.63) is 69.8 Å². The van der Waals surface area contributed by atoms with E-state index in [-0.39, 0.29) is 29.7 Å². The summed E-state index contributed by atoms with van der Waals surface area (Å²) in [5.74, 6) is -1.84. The largest absolute Gasteiger partial charge is 0.368 e. The van der Waals surface area contributed by atoms with Crippen LogP contribution in [0, 0.1) is 24.0 Å². The lowest BCUT2D eigenvalue weighted by Gasteiger charge is -2.59. The van der Waals surface area contributed by atoms with Gasteiger partial charge in [0.05, 0.1) is 17.9 Å². The number of hydrogen-bond donors (Lipinski definition) is 0. The zero-order valence-corrected chi connectivity index (χ0v) is 22.0. The van der Waals surface area contributed by atoms with Crippen molar-refractivity contribution in [2.45, 2.75) is 70.0 Å². The van der Waals surface area contributed by atoms with Gasteiger partial charge >= 0.3 is 0 Å². The number of anilines is 1. The Balaban J connectivity index is 1.14. The molecule has 0 radical (unpaired) electrons. The molecule has 2 aliphatic carbocycles. The van der Waals surface area contributed by atoms with Gasteiger partial charge in [-0.25, -0.2) is 17.6 Å². The van der Waals surface area contributed by atoms with Crippen LogP contribution < -0.4 is 4.90 Å². The van der Waals surface area contributed by atoms with Gasteiger partial charge in [-0.3, -0.25) is 9.47 Å². The molecule has 0 atom stereocenters. The molecule has 4 aliphatic rings. The maximum Gasteiger partial charge on any atom is 0.251 e. The molecule has 1 saturated heterocycles. The molecule has 3 heterocycles. The third kappa shape index (κ3) is 3.61. The van der Waals surface area contributed by atoms with Crippen LogP contribution in [0.15, 0.2) is 30.3 Å². The van der Waals surface area contributed by atoms with Gasteiger partial charge in [-0.1, -0.05) is 11.6 Å². The highest BCUT2D eigenvalue weighted by Gasteiger charge is 2.57. The van der Waals surface area contributed by atoms with Crippen LogP contribution in [0.3, 0.4) is 0 Å². The molecule has 0 bridgehead atoms. The quantitative estimate of drug-likeness (QED) is 0.357. The highest BCUT2D eigenvalue weighted by molar-refractivity contribution is 6.30. The van der Waals surface area contributed by atoms with Gasteiger partial charge in [-0.15, -0.1) is 10.2 Å². The van der Waals surface area contributed by atoms with Crippen molar-refractivity contribution in [2.24, 2.45) is 5.41 Å². The molecule has 1 aromatic heterocycles. The number of rotatable bonds is 3. The van der Waals surface area contributed by atoms with E-state index in [0.717, 1.165) is 48.8 Å². The van der Waals surface area contributed by atoms with Gasteiger partial charge in [0.25, 0.3) is 5.92 Å². The SMILES string of the molecule is Cc1c(F)ccc(N2CC3(CC(c4nnc5n4-c4ccc(Cl)cc4CN(C4(C)CC(F)(F)C4)C5)C3)C2)c1F. The molecule has 1 spiro atoms. The van der Waals surface area contributed by atoms with Crippen LogP contribution in [0.4, 0.5) is 23.2 Å². The summed E-state index contributed by atoms with van der Waals surface area (Å²) < 4.78 is 58.2. The smallest absolute Gasteiger partial charge is 0.251 e. The Morgan fingerprint density at radius 2 is 1.68 bits per heavy atom. The Hall–Kier alpha value is -2.65. The highest BCUT2D eigenvalue weighted by Crippen LogP contribution is 2.57. The van der Waals surface area contributed by atoms with Crippen molar-refractivity contribution in [3.8, 4) is 5.69 Å². The average Bonchev–Trinajstić information content (AvgIpc) is 3.10. The monoisotopic (exact) mass is 545 g/mol. The van der Waals surface area contributed by atoms with Gasteiger partial charge in [0.2, 0.25) is 0 Å². The summed E-state index contributed by atoms with van der Waals surface area (Å²) in [4.78, 5) is 4.06. The minimum absolute atomic E-state index is 0.0494. The summed E-state index contributed by atoms with van der Waals surface area (Å²) in [5.41, 5.74) is 1.88. The molecular formula is C28H28ClF4N5. The van der Waals surface area contributed by atoms with E-state index in [9.17, 15) is 17.6 Å². The highest BCUT2D eigenvalue weighted by atomic mass is 35.5. The summed E-state index contributed by atoms with van der Waals surface area (Å²) in [6, 6.07) is 8.56. The fraction of sp³-hybridized carbons (Fsp3) is 0.500. The first-order valence-electron chi connectivity index (χ1n) is 13.0. The van der Waals surface area contributed by atoms with Crippen LogP contribution in [-0.2, 0) is 13.1 Å². The molecule has 2 saturated carbocycles. The van der Waals surface area contributed by atoms with Crippen molar-refractivity contribution in [1.29, 1.82) is 0 Å². The second-order valence-electron chi connectivity index (χ2n) is 12.1. The Morgan fingerprint density at radius 3 is 2.39 bits per heavy atom. The normalized spacial score (nSPS) is 23.2. The minimum Gasteiger partial charge on any atom is -0.368 e. The summed E-state index contributed by atoms with van der Waals surface area (Å²) in [5, 5.41) is 9.74. The average molecular weight is 546 g/mol. The number of hydrogen-bond acceptors (Lipinski definition) is 4. The third-order valence-corrected chi connectivity index (χ3v) is 9.43. The zero-order chi connectivity index (χ0) is 26.6. The first kappa shape index (κ1) is 24.4. The van der Waals surface area contributed by atoms with Crippen molar-refractivity contribution in [1.82, 2.24) is 19.7 Å². The van der Waals surface area contributed by atoms with Gasteiger partial charge in [0.15, 0.2) is 11.6 Å². The third-order valence-electron chi connectivity index (χ3n) is 9.19. The van der Waals surface area contributed by atoms with Gasteiger partial charge in [-0.05, 0) is 62.6 Å². The Labute approximate surface area is 223 Å².